The highest BCUT2D eigenvalue weighted by Gasteiger charge is 2.40. The van der Waals surface area contributed by atoms with Crippen LogP contribution in [0.15, 0.2) is 121 Å². The van der Waals surface area contributed by atoms with Crippen LogP contribution >= 0.6 is 0 Å². The second-order valence-electron chi connectivity index (χ2n) is 18.1. The number of aromatic nitrogens is 2. The lowest BCUT2D eigenvalue weighted by Gasteiger charge is -2.26. The molecule has 10 rings (SSSR count). The molecule has 0 radical (unpaired) electrons. The quantitative estimate of drug-likeness (QED) is 0.0665. The van der Waals surface area contributed by atoms with E-state index in [2.05, 4.69) is 0 Å². The molecule has 2 unspecified atom stereocenters. The summed E-state index contributed by atoms with van der Waals surface area (Å²) in [5.41, 5.74) is 5.99. The fourth-order valence-electron chi connectivity index (χ4n) is 10.3. The Hall–Kier alpha value is -7.60. The molecule has 0 fully saturated rings. The van der Waals surface area contributed by atoms with Crippen molar-refractivity contribution in [1.82, 2.24) is 9.13 Å². The van der Waals surface area contributed by atoms with Crippen molar-refractivity contribution >= 4 is 67.1 Å². The first-order chi connectivity index (χ1) is 33.7. The Balaban J connectivity index is 0.848. The molecule has 0 bridgehead atoms. The summed E-state index contributed by atoms with van der Waals surface area (Å²) in [4.78, 5) is 51.8. The summed E-state index contributed by atoms with van der Waals surface area (Å²) >= 11 is 0. The first-order valence-corrected chi connectivity index (χ1v) is 24.1. The van der Waals surface area contributed by atoms with Gasteiger partial charge in [-0.2, -0.15) is 0 Å². The number of fused-ring (bicyclic) bond motifs is 8. The first kappa shape index (κ1) is 45.2. The number of hydrogen-bond acceptors (Lipinski definition) is 8. The van der Waals surface area contributed by atoms with E-state index in [0.717, 1.165) is 113 Å². The molecule has 69 heavy (non-hydrogen) atoms. The molecule has 2 atom stereocenters. The van der Waals surface area contributed by atoms with E-state index in [1.807, 2.05) is 121 Å². The number of benzene rings is 6. The zero-order valence-corrected chi connectivity index (χ0v) is 38.4. The molecule has 6 aromatic carbocycles. The van der Waals surface area contributed by atoms with Crippen molar-refractivity contribution in [2.75, 3.05) is 26.4 Å². The van der Waals surface area contributed by atoms with E-state index >= 15 is 0 Å². The molecule has 12 heteroatoms. The van der Waals surface area contributed by atoms with Gasteiger partial charge in [-0.25, -0.2) is 9.59 Å². The van der Waals surface area contributed by atoms with E-state index in [1.165, 1.54) is 0 Å². The minimum Gasteiger partial charge on any atom is -0.494 e. The van der Waals surface area contributed by atoms with Crippen molar-refractivity contribution in [2.24, 2.45) is 0 Å². The van der Waals surface area contributed by atoms with Crippen LogP contribution in [0.5, 0.6) is 23.0 Å². The number of carbonyl (C=O) groups excluding carboxylic acids is 2. The predicted octanol–water partition coefficient (Wildman–Crippen LogP) is 11.8. The summed E-state index contributed by atoms with van der Waals surface area (Å²) in [6, 6.07) is 34.4. The molecule has 2 aliphatic carbocycles. The van der Waals surface area contributed by atoms with Crippen LogP contribution in [0.25, 0.3) is 43.6 Å². The Morgan fingerprint density at radius 1 is 0.435 bits per heavy atom. The third-order valence-electron chi connectivity index (χ3n) is 13.6. The van der Waals surface area contributed by atoms with Crippen LogP contribution in [-0.4, -0.2) is 69.3 Å². The van der Waals surface area contributed by atoms with Crippen LogP contribution in [0, 0.1) is 0 Å². The maximum atomic E-state index is 13.8. The Morgan fingerprint density at radius 2 is 0.826 bits per heavy atom. The van der Waals surface area contributed by atoms with Gasteiger partial charge in [-0.3, -0.25) is 9.59 Å². The maximum Gasteiger partial charge on any atom is 0.329 e. The van der Waals surface area contributed by atoms with Gasteiger partial charge in [0.05, 0.1) is 48.5 Å². The monoisotopic (exact) mass is 926 g/mol. The average Bonchev–Trinajstić information content (AvgIpc) is 4.00. The van der Waals surface area contributed by atoms with Gasteiger partial charge >= 0.3 is 11.9 Å². The number of para-hydroxylation sites is 2. The van der Waals surface area contributed by atoms with Gasteiger partial charge in [0.1, 0.15) is 23.0 Å². The molecule has 0 spiro atoms. The third kappa shape index (κ3) is 9.23. The maximum absolute atomic E-state index is 13.8. The highest BCUT2D eigenvalue weighted by molar-refractivity contribution is 6.11. The van der Waals surface area contributed by atoms with Crippen molar-refractivity contribution in [3.8, 4) is 23.0 Å². The largest absolute Gasteiger partial charge is 0.494 e. The number of aryl methyl sites for hydroxylation is 2. The van der Waals surface area contributed by atoms with Crippen molar-refractivity contribution in [3.05, 3.63) is 144 Å². The molecule has 8 aromatic rings. The minimum atomic E-state index is -1.58. The lowest BCUT2D eigenvalue weighted by atomic mass is 9.90. The Labute approximate surface area is 399 Å². The normalized spacial score (nSPS) is 14.3. The fourth-order valence-corrected chi connectivity index (χ4v) is 10.3. The number of carbonyl (C=O) groups is 4. The molecular weight excluding hydrogens is 873 g/mol. The van der Waals surface area contributed by atoms with E-state index < -0.39 is 24.0 Å². The topological polar surface area (TPSA) is 156 Å². The van der Waals surface area contributed by atoms with E-state index in [1.54, 1.807) is 9.13 Å². The number of aliphatic carboxylic acids is 2. The summed E-state index contributed by atoms with van der Waals surface area (Å²) in [5.74, 6) is 0.440. The van der Waals surface area contributed by atoms with E-state index in [0.29, 0.717) is 72.8 Å². The predicted molar refractivity (Wildman–Crippen MR) is 265 cm³/mol. The molecule has 2 N–H and O–H groups in total. The van der Waals surface area contributed by atoms with Crippen molar-refractivity contribution in [1.29, 1.82) is 0 Å². The van der Waals surface area contributed by atoms with Gasteiger partial charge < -0.3 is 38.3 Å². The molecule has 0 saturated heterocycles. The van der Waals surface area contributed by atoms with Crippen molar-refractivity contribution in [2.45, 2.75) is 82.7 Å². The van der Waals surface area contributed by atoms with E-state index in [-0.39, 0.29) is 11.6 Å². The zero-order valence-electron chi connectivity index (χ0n) is 38.4. The number of carboxylic acids is 2. The SMILES string of the molecule is O=C1CCCc2cc(OCCCCCOc3ccc4c5ccccc5n(C(C(=O)O)C(C(=O)O)n5c6ccccc6c6ccc(OCCCCCOc7ccc8c(c7)CCC8=O)cc65)c4c3)ccc21. The zero-order chi connectivity index (χ0) is 47.4. The van der Waals surface area contributed by atoms with Crippen LogP contribution in [0.3, 0.4) is 0 Å². The van der Waals surface area contributed by atoms with Crippen LogP contribution in [0.2, 0.25) is 0 Å². The highest BCUT2D eigenvalue weighted by Crippen LogP contribution is 2.42. The Morgan fingerprint density at radius 3 is 1.29 bits per heavy atom. The molecule has 0 amide bonds. The van der Waals surface area contributed by atoms with Gasteiger partial charge in [0.25, 0.3) is 0 Å². The third-order valence-corrected chi connectivity index (χ3v) is 13.6. The number of nitrogens with zero attached hydrogens (tertiary/aromatic N) is 2. The number of carboxylic acid groups (broad SMARTS) is 2. The summed E-state index contributed by atoms with van der Waals surface area (Å²) in [6.07, 6.45) is 8.56. The molecule has 0 aliphatic heterocycles. The second-order valence-corrected chi connectivity index (χ2v) is 18.1. The molecular formula is C57H54N2O10. The van der Waals surface area contributed by atoms with E-state index in [4.69, 9.17) is 18.9 Å². The number of ketones is 2. The van der Waals surface area contributed by atoms with Gasteiger partial charge in [0, 0.05) is 57.6 Å². The summed E-state index contributed by atoms with van der Waals surface area (Å²) in [5, 5.41) is 25.6. The van der Waals surface area contributed by atoms with Gasteiger partial charge in [-0.15, -0.1) is 0 Å². The van der Waals surface area contributed by atoms with Crippen LogP contribution in [0.4, 0.5) is 0 Å². The molecule has 2 aromatic heterocycles. The fraction of sp³-hybridized carbons (Fsp3) is 0.298. The van der Waals surface area contributed by atoms with Gasteiger partial charge in [0.15, 0.2) is 23.7 Å². The first-order valence-electron chi connectivity index (χ1n) is 24.1. The van der Waals surface area contributed by atoms with Crippen molar-refractivity contribution in [3.63, 3.8) is 0 Å². The highest BCUT2D eigenvalue weighted by atomic mass is 16.5. The average molecular weight is 927 g/mol. The lowest BCUT2D eigenvalue weighted by Crippen LogP contribution is -2.34. The lowest BCUT2D eigenvalue weighted by molar-refractivity contribution is -0.151. The minimum absolute atomic E-state index is 0.188. The molecule has 2 aliphatic rings. The van der Waals surface area contributed by atoms with Crippen LogP contribution < -0.4 is 18.9 Å². The Bertz CT molecular complexity index is 3260. The smallest absolute Gasteiger partial charge is 0.329 e. The molecule has 0 saturated carbocycles. The Kier molecular flexibility index (Phi) is 13.1. The van der Waals surface area contributed by atoms with Gasteiger partial charge in [-0.1, -0.05) is 36.4 Å². The van der Waals surface area contributed by atoms with Crippen LogP contribution in [-0.2, 0) is 22.4 Å². The van der Waals surface area contributed by atoms with E-state index in [9.17, 15) is 29.4 Å². The van der Waals surface area contributed by atoms with Crippen LogP contribution in [0.1, 0.15) is 102 Å². The second kappa shape index (κ2) is 19.9. The summed E-state index contributed by atoms with van der Waals surface area (Å²) in [6.45, 7) is 1.93. The summed E-state index contributed by atoms with van der Waals surface area (Å²) in [7, 11) is 0. The number of unbranched alkanes of at least 4 members (excludes halogenated alkanes) is 4. The van der Waals surface area contributed by atoms with Crippen molar-refractivity contribution < 1.29 is 48.3 Å². The summed E-state index contributed by atoms with van der Waals surface area (Å²) < 4.78 is 27.8. The van der Waals surface area contributed by atoms with Gasteiger partial charge in [-0.05, 0) is 142 Å². The number of rotatable bonds is 21. The molecule has 12 nitrogen and oxygen atoms in total. The number of ether oxygens (including phenoxy) is 4. The molecule has 2 heterocycles. The number of Topliss-reactive ketones (excluding diaryl/α,β-unsaturated/α-hetero) is 2. The van der Waals surface area contributed by atoms with Gasteiger partial charge in [0.2, 0.25) is 0 Å². The molecule has 352 valence electrons. The standard InChI is InChI=1S/C57H54N2O10/c60-52-17-11-12-36-32-38(19-23-42(36)52)66-28-7-1-9-30-68-40-21-25-46-44-13-3-5-15-48(44)58(50(46)34-40)54(56(62)63)55(57(64)65)59-49-16-6-4-14-45(49)47-26-22-41(35-51(47)59)69-31-10-2-8-29-67-39-20-24-43-37(33-39)18-27-53(43)61/h3-6,13-16,19-26,32-35,54-55H,1-2,7-12,17-18,27-31H2,(H,62,63)(H,64,65). The number of hydrogen-bond donors (Lipinski definition) is 2.